The first-order chi connectivity index (χ1) is 6.06. The molecule has 0 saturated carbocycles. The Morgan fingerprint density at radius 2 is 1.92 bits per heavy atom. The minimum absolute atomic E-state index is 0.00519. The molecule has 0 aliphatic heterocycles. The molecule has 0 radical (unpaired) electrons. The van der Waals surface area contributed by atoms with E-state index in [1.54, 1.807) is 6.07 Å². The van der Waals surface area contributed by atoms with Crippen molar-refractivity contribution in [3.63, 3.8) is 0 Å². The third-order valence-corrected chi connectivity index (χ3v) is 1.96. The number of nitrogens with two attached hydrogens (primary N) is 1. The maximum Gasteiger partial charge on any atom is 0.293 e. The zero-order valence-electron chi connectivity index (χ0n) is 7.50. The number of nitrogen functional groups attached to an aromatic ring is 1. The molecule has 0 unspecified atom stereocenters. The largest absolute Gasteiger partial charge is 0.318 e. The average molecular weight is 181 g/mol. The quantitative estimate of drug-likeness (QED) is 0.411. The zero-order chi connectivity index (χ0) is 10.0. The number of hydrazine groups is 1. The summed E-state index contributed by atoms with van der Waals surface area (Å²) in [6.45, 7) is 3.70. The molecule has 0 heterocycles. The van der Waals surface area contributed by atoms with Crippen molar-refractivity contribution in [1.82, 2.24) is 0 Å². The number of nitro benzene ring substituents is 1. The van der Waals surface area contributed by atoms with Crippen molar-refractivity contribution >= 4 is 11.4 Å². The maximum absolute atomic E-state index is 10.6. The molecule has 13 heavy (non-hydrogen) atoms. The molecule has 0 aromatic heterocycles. The first-order valence-electron chi connectivity index (χ1n) is 3.78. The van der Waals surface area contributed by atoms with Gasteiger partial charge in [-0.05, 0) is 31.0 Å². The van der Waals surface area contributed by atoms with Gasteiger partial charge in [0, 0.05) is 6.07 Å². The highest BCUT2D eigenvalue weighted by Gasteiger charge is 2.13. The number of nitrogens with one attached hydrogen (secondary N) is 1. The SMILES string of the molecule is Cc1cc(NN)c([N+](=O)[O-])cc1C. The van der Waals surface area contributed by atoms with E-state index in [1.807, 2.05) is 13.8 Å². The number of hydrogen-bond acceptors (Lipinski definition) is 4. The Kier molecular flexibility index (Phi) is 2.48. The third kappa shape index (κ3) is 1.75. The fourth-order valence-corrected chi connectivity index (χ4v) is 1.07. The van der Waals surface area contributed by atoms with Crippen molar-refractivity contribution < 1.29 is 4.92 Å². The van der Waals surface area contributed by atoms with Crippen LogP contribution >= 0.6 is 0 Å². The fourth-order valence-electron chi connectivity index (χ4n) is 1.07. The van der Waals surface area contributed by atoms with E-state index in [2.05, 4.69) is 5.43 Å². The molecule has 0 aliphatic carbocycles. The van der Waals surface area contributed by atoms with Gasteiger partial charge >= 0.3 is 0 Å². The number of benzene rings is 1. The molecule has 0 fully saturated rings. The molecule has 0 saturated heterocycles. The van der Waals surface area contributed by atoms with Gasteiger partial charge in [-0.3, -0.25) is 16.0 Å². The lowest BCUT2D eigenvalue weighted by molar-refractivity contribution is -0.384. The summed E-state index contributed by atoms with van der Waals surface area (Å²) in [5, 5.41) is 10.6. The van der Waals surface area contributed by atoms with E-state index in [9.17, 15) is 10.1 Å². The Morgan fingerprint density at radius 3 is 2.38 bits per heavy atom. The molecule has 5 heteroatoms. The highest BCUT2D eigenvalue weighted by Crippen LogP contribution is 2.26. The van der Waals surface area contributed by atoms with E-state index >= 15 is 0 Å². The fraction of sp³-hybridized carbons (Fsp3) is 0.250. The summed E-state index contributed by atoms with van der Waals surface area (Å²) >= 11 is 0. The smallest absolute Gasteiger partial charge is 0.293 e. The lowest BCUT2D eigenvalue weighted by atomic mass is 10.1. The Hall–Kier alpha value is -1.62. The third-order valence-electron chi connectivity index (χ3n) is 1.96. The average Bonchev–Trinajstić information content (AvgIpc) is 2.08. The van der Waals surface area contributed by atoms with Crippen molar-refractivity contribution in [2.24, 2.45) is 5.84 Å². The van der Waals surface area contributed by atoms with Crippen LogP contribution in [0.4, 0.5) is 11.4 Å². The number of rotatable bonds is 2. The van der Waals surface area contributed by atoms with Gasteiger partial charge in [-0.25, -0.2) is 0 Å². The standard InChI is InChI=1S/C8H11N3O2/c1-5-3-7(10-9)8(11(12)13)4-6(5)2/h3-4,10H,9H2,1-2H3. The highest BCUT2D eigenvalue weighted by atomic mass is 16.6. The van der Waals surface area contributed by atoms with Crippen LogP contribution in [0.5, 0.6) is 0 Å². The van der Waals surface area contributed by atoms with E-state index < -0.39 is 4.92 Å². The van der Waals surface area contributed by atoms with Gasteiger partial charge in [0.25, 0.3) is 5.69 Å². The van der Waals surface area contributed by atoms with Gasteiger partial charge in [0.15, 0.2) is 0 Å². The van der Waals surface area contributed by atoms with Gasteiger partial charge in [-0.15, -0.1) is 0 Å². The Morgan fingerprint density at radius 1 is 1.38 bits per heavy atom. The Balaban J connectivity index is 3.33. The molecule has 0 spiro atoms. The summed E-state index contributed by atoms with van der Waals surface area (Å²) in [5.41, 5.74) is 4.50. The molecule has 1 aromatic carbocycles. The molecule has 0 atom stereocenters. The van der Waals surface area contributed by atoms with Crippen LogP contribution in [0.15, 0.2) is 12.1 Å². The van der Waals surface area contributed by atoms with Crippen LogP contribution in [0.1, 0.15) is 11.1 Å². The van der Waals surface area contributed by atoms with Crippen molar-refractivity contribution in [3.05, 3.63) is 33.4 Å². The normalized spacial score (nSPS) is 9.77. The summed E-state index contributed by atoms with van der Waals surface area (Å²) in [6.07, 6.45) is 0. The van der Waals surface area contributed by atoms with Crippen molar-refractivity contribution in [3.8, 4) is 0 Å². The molecular formula is C8H11N3O2. The van der Waals surface area contributed by atoms with Crippen LogP contribution in [-0.2, 0) is 0 Å². The van der Waals surface area contributed by atoms with Gasteiger partial charge in [0.2, 0.25) is 0 Å². The summed E-state index contributed by atoms with van der Waals surface area (Å²) in [5.74, 6) is 5.15. The van der Waals surface area contributed by atoms with Crippen LogP contribution in [0.3, 0.4) is 0 Å². The second-order valence-electron chi connectivity index (χ2n) is 2.86. The Bertz CT molecular complexity index is 349. The second-order valence-corrected chi connectivity index (χ2v) is 2.86. The number of aryl methyl sites for hydroxylation is 2. The predicted molar refractivity (Wildman–Crippen MR) is 50.4 cm³/mol. The number of nitro groups is 1. The first-order valence-corrected chi connectivity index (χ1v) is 3.78. The van der Waals surface area contributed by atoms with Gasteiger partial charge in [-0.1, -0.05) is 0 Å². The second kappa shape index (κ2) is 3.40. The Labute approximate surface area is 75.7 Å². The van der Waals surface area contributed by atoms with Gasteiger partial charge in [0.05, 0.1) is 4.92 Å². The lowest BCUT2D eigenvalue weighted by Gasteiger charge is -2.05. The van der Waals surface area contributed by atoms with E-state index in [-0.39, 0.29) is 5.69 Å². The molecule has 0 aliphatic rings. The molecule has 70 valence electrons. The molecule has 0 amide bonds. The molecule has 3 N–H and O–H groups in total. The van der Waals surface area contributed by atoms with Crippen molar-refractivity contribution in [2.75, 3.05) is 5.43 Å². The van der Waals surface area contributed by atoms with Crippen LogP contribution in [-0.4, -0.2) is 4.92 Å². The summed E-state index contributed by atoms with van der Waals surface area (Å²) in [6, 6.07) is 3.16. The molecule has 5 nitrogen and oxygen atoms in total. The highest BCUT2D eigenvalue weighted by molar-refractivity contribution is 5.63. The number of hydrogen-bond donors (Lipinski definition) is 2. The van der Waals surface area contributed by atoms with Crippen molar-refractivity contribution in [2.45, 2.75) is 13.8 Å². The van der Waals surface area contributed by atoms with Crippen LogP contribution in [0.2, 0.25) is 0 Å². The summed E-state index contributed by atoms with van der Waals surface area (Å²) in [4.78, 5) is 10.1. The summed E-state index contributed by atoms with van der Waals surface area (Å²) < 4.78 is 0. The topological polar surface area (TPSA) is 81.2 Å². The van der Waals surface area contributed by atoms with E-state index in [0.717, 1.165) is 11.1 Å². The minimum atomic E-state index is -0.457. The summed E-state index contributed by atoms with van der Waals surface area (Å²) in [7, 11) is 0. The van der Waals surface area contributed by atoms with E-state index in [4.69, 9.17) is 5.84 Å². The maximum atomic E-state index is 10.6. The van der Waals surface area contributed by atoms with Gasteiger partial charge < -0.3 is 5.43 Å². The molecule has 1 aromatic rings. The van der Waals surface area contributed by atoms with Crippen LogP contribution < -0.4 is 11.3 Å². The van der Waals surface area contributed by atoms with Crippen molar-refractivity contribution in [1.29, 1.82) is 0 Å². The lowest BCUT2D eigenvalue weighted by Crippen LogP contribution is -2.09. The number of nitrogens with zero attached hydrogens (tertiary/aromatic N) is 1. The molecule has 0 bridgehead atoms. The predicted octanol–water partition coefficient (Wildman–Crippen LogP) is 1.50. The van der Waals surface area contributed by atoms with E-state index in [0.29, 0.717) is 5.69 Å². The van der Waals surface area contributed by atoms with E-state index in [1.165, 1.54) is 6.07 Å². The van der Waals surface area contributed by atoms with Gasteiger partial charge in [0.1, 0.15) is 5.69 Å². The monoisotopic (exact) mass is 181 g/mol. The number of anilines is 1. The minimum Gasteiger partial charge on any atom is -0.318 e. The van der Waals surface area contributed by atoms with Gasteiger partial charge in [-0.2, -0.15) is 0 Å². The molecular weight excluding hydrogens is 170 g/mol. The van der Waals surface area contributed by atoms with Crippen LogP contribution in [0.25, 0.3) is 0 Å². The van der Waals surface area contributed by atoms with Crippen LogP contribution in [0, 0.1) is 24.0 Å². The molecule has 1 rings (SSSR count). The first kappa shape index (κ1) is 9.47. The zero-order valence-corrected chi connectivity index (χ0v) is 7.50.